The fraction of sp³-hybridized carbons (Fsp3) is 0.250. The minimum absolute atomic E-state index is 0.189. The molecule has 106 valence electrons. The summed E-state index contributed by atoms with van der Waals surface area (Å²) in [6.07, 6.45) is 5.80. The number of hydrogen-bond donors (Lipinski definition) is 0. The van der Waals surface area contributed by atoms with Gasteiger partial charge in [0.1, 0.15) is 11.1 Å². The van der Waals surface area contributed by atoms with Gasteiger partial charge in [0.25, 0.3) is 10.0 Å². The lowest BCUT2D eigenvalue weighted by atomic mass is 10.3. The molecule has 2 aromatic rings. The van der Waals surface area contributed by atoms with E-state index in [1.165, 1.54) is 12.3 Å². The van der Waals surface area contributed by atoms with E-state index in [9.17, 15) is 13.2 Å². The maximum atomic E-state index is 12.5. The standard InChI is InChI=1S/C12H14N4O3S/c1-4-12(11-7-15(3)9(2)14-11)20(18,19)16-6-10(8-17)5-13-16/h4-8,12H,1H2,2-3H3. The van der Waals surface area contributed by atoms with Crippen molar-refractivity contribution in [1.29, 1.82) is 0 Å². The Kier molecular flexibility index (Phi) is 3.58. The van der Waals surface area contributed by atoms with Gasteiger partial charge in [-0.05, 0) is 6.92 Å². The molecule has 0 fully saturated rings. The van der Waals surface area contributed by atoms with Crippen LogP contribution in [0.5, 0.6) is 0 Å². The molecule has 1 unspecified atom stereocenters. The molecule has 0 radical (unpaired) electrons. The van der Waals surface area contributed by atoms with Crippen molar-refractivity contribution >= 4 is 16.3 Å². The highest BCUT2D eigenvalue weighted by Gasteiger charge is 2.29. The van der Waals surface area contributed by atoms with Gasteiger partial charge in [-0.25, -0.2) is 13.4 Å². The molecule has 1 atom stereocenters. The lowest BCUT2D eigenvalue weighted by molar-refractivity contribution is 0.112. The van der Waals surface area contributed by atoms with Crippen LogP contribution >= 0.6 is 0 Å². The number of imidazole rings is 1. The van der Waals surface area contributed by atoms with Crippen molar-refractivity contribution in [1.82, 2.24) is 18.7 Å². The maximum absolute atomic E-state index is 12.5. The first-order chi connectivity index (χ1) is 9.40. The van der Waals surface area contributed by atoms with Gasteiger partial charge < -0.3 is 4.57 Å². The fourth-order valence-electron chi connectivity index (χ4n) is 1.75. The molecule has 0 aromatic carbocycles. The van der Waals surface area contributed by atoms with E-state index in [0.717, 1.165) is 10.3 Å². The van der Waals surface area contributed by atoms with Crippen LogP contribution in [0.1, 0.15) is 27.1 Å². The Hall–Kier alpha value is -2.22. The van der Waals surface area contributed by atoms with Crippen molar-refractivity contribution in [2.24, 2.45) is 7.05 Å². The summed E-state index contributed by atoms with van der Waals surface area (Å²) < 4.78 is 27.4. The van der Waals surface area contributed by atoms with Gasteiger partial charge >= 0.3 is 0 Å². The average molecular weight is 294 g/mol. The Morgan fingerprint density at radius 2 is 2.10 bits per heavy atom. The molecule has 0 bridgehead atoms. The monoisotopic (exact) mass is 294 g/mol. The molecule has 2 rings (SSSR count). The smallest absolute Gasteiger partial charge is 0.266 e. The summed E-state index contributed by atoms with van der Waals surface area (Å²) in [6.45, 7) is 5.33. The van der Waals surface area contributed by atoms with Crippen molar-refractivity contribution in [3.63, 3.8) is 0 Å². The van der Waals surface area contributed by atoms with E-state index in [1.54, 1.807) is 24.7 Å². The zero-order valence-electron chi connectivity index (χ0n) is 11.1. The van der Waals surface area contributed by atoms with Crippen molar-refractivity contribution in [3.8, 4) is 0 Å². The van der Waals surface area contributed by atoms with Crippen LogP contribution in [0.15, 0.2) is 31.2 Å². The zero-order valence-corrected chi connectivity index (χ0v) is 11.9. The van der Waals surface area contributed by atoms with Gasteiger partial charge in [-0.15, -0.1) is 6.58 Å². The van der Waals surface area contributed by atoms with Crippen LogP contribution in [0.3, 0.4) is 0 Å². The number of aromatic nitrogens is 4. The lowest BCUT2D eigenvalue weighted by Gasteiger charge is -2.11. The number of rotatable bonds is 5. The molecule has 0 saturated carbocycles. The van der Waals surface area contributed by atoms with Crippen LogP contribution in [0, 0.1) is 6.92 Å². The minimum Gasteiger partial charge on any atom is -0.338 e. The highest BCUT2D eigenvalue weighted by atomic mass is 32.2. The first-order valence-corrected chi connectivity index (χ1v) is 7.27. The van der Waals surface area contributed by atoms with E-state index in [4.69, 9.17) is 0 Å². The molecule has 8 heteroatoms. The maximum Gasteiger partial charge on any atom is 0.266 e. The van der Waals surface area contributed by atoms with Gasteiger partial charge in [0.05, 0.1) is 23.7 Å². The quantitative estimate of drug-likeness (QED) is 0.602. The van der Waals surface area contributed by atoms with Crippen LogP contribution < -0.4 is 0 Å². The SMILES string of the molecule is C=CC(c1cn(C)c(C)n1)S(=O)(=O)n1cc(C=O)cn1. The molecule has 0 N–H and O–H groups in total. The fourth-order valence-corrected chi connectivity index (χ4v) is 3.09. The molecule has 0 saturated heterocycles. The van der Waals surface area contributed by atoms with Crippen LogP contribution in [0.4, 0.5) is 0 Å². The number of carbonyl (C=O) groups is 1. The van der Waals surface area contributed by atoms with Crippen molar-refractivity contribution in [3.05, 3.63) is 48.3 Å². The Balaban J connectivity index is 2.49. The van der Waals surface area contributed by atoms with Gasteiger partial charge in [-0.2, -0.15) is 9.19 Å². The molecule has 20 heavy (non-hydrogen) atoms. The zero-order chi connectivity index (χ0) is 14.9. The molecule has 0 aliphatic heterocycles. The summed E-state index contributed by atoms with van der Waals surface area (Å²) in [6, 6.07) is 0. The minimum atomic E-state index is -3.84. The van der Waals surface area contributed by atoms with Crippen molar-refractivity contribution < 1.29 is 13.2 Å². The summed E-state index contributed by atoms with van der Waals surface area (Å²) in [5.74, 6) is 0.691. The van der Waals surface area contributed by atoms with Crippen LogP contribution in [0.25, 0.3) is 0 Å². The largest absolute Gasteiger partial charge is 0.338 e. The molecule has 0 aliphatic carbocycles. The predicted molar refractivity (Wildman–Crippen MR) is 72.8 cm³/mol. The first kappa shape index (κ1) is 14.2. The van der Waals surface area contributed by atoms with Gasteiger partial charge in [0, 0.05) is 13.2 Å². The molecule has 0 amide bonds. The third kappa shape index (κ3) is 2.29. The number of hydrogen-bond acceptors (Lipinski definition) is 5. The molecule has 7 nitrogen and oxygen atoms in total. The van der Waals surface area contributed by atoms with E-state index < -0.39 is 15.3 Å². The Bertz CT molecular complexity index is 738. The normalized spacial score (nSPS) is 13.1. The molecule has 0 aliphatic rings. The Morgan fingerprint density at radius 1 is 1.40 bits per heavy atom. The second-order valence-corrected chi connectivity index (χ2v) is 6.20. The summed E-state index contributed by atoms with van der Waals surface area (Å²) in [4.78, 5) is 14.8. The summed E-state index contributed by atoms with van der Waals surface area (Å²) >= 11 is 0. The summed E-state index contributed by atoms with van der Waals surface area (Å²) in [5, 5.41) is 2.67. The van der Waals surface area contributed by atoms with E-state index in [1.807, 2.05) is 0 Å². The van der Waals surface area contributed by atoms with Crippen LogP contribution in [-0.2, 0) is 17.1 Å². The first-order valence-electron chi connectivity index (χ1n) is 5.76. The second-order valence-electron chi connectivity index (χ2n) is 4.29. The van der Waals surface area contributed by atoms with E-state index >= 15 is 0 Å². The number of carbonyl (C=O) groups excluding carboxylic acids is 1. The third-order valence-corrected chi connectivity index (χ3v) is 4.73. The van der Waals surface area contributed by atoms with E-state index in [2.05, 4.69) is 16.7 Å². The number of nitrogens with zero attached hydrogens (tertiary/aromatic N) is 4. The van der Waals surface area contributed by atoms with Crippen LogP contribution in [0.2, 0.25) is 0 Å². The second kappa shape index (κ2) is 5.04. The number of aryl methyl sites for hydroxylation is 2. The number of aldehydes is 1. The molecule has 2 heterocycles. The van der Waals surface area contributed by atoms with Crippen molar-refractivity contribution in [2.45, 2.75) is 12.2 Å². The Labute approximate surface area is 116 Å². The highest BCUT2D eigenvalue weighted by Crippen LogP contribution is 2.24. The van der Waals surface area contributed by atoms with Gasteiger partial charge in [-0.1, -0.05) is 6.08 Å². The van der Waals surface area contributed by atoms with Crippen LogP contribution in [-0.4, -0.2) is 33.4 Å². The topological polar surface area (TPSA) is 86.9 Å². The summed E-state index contributed by atoms with van der Waals surface area (Å²) in [5.41, 5.74) is 0.553. The predicted octanol–water partition coefficient (Wildman–Crippen LogP) is 0.843. The molecule has 2 aromatic heterocycles. The molecular weight excluding hydrogens is 280 g/mol. The summed E-state index contributed by atoms with van der Waals surface area (Å²) in [7, 11) is -2.07. The van der Waals surface area contributed by atoms with Crippen molar-refractivity contribution in [2.75, 3.05) is 0 Å². The van der Waals surface area contributed by atoms with E-state index in [0.29, 0.717) is 17.8 Å². The lowest BCUT2D eigenvalue weighted by Crippen LogP contribution is -2.20. The average Bonchev–Trinajstić information content (AvgIpc) is 2.98. The van der Waals surface area contributed by atoms with E-state index in [-0.39, 0.29) is 5.56 Å². The highest BCUT2D eigenvalue weighted by molar-refractivity contribution is 7.90. The third-order valence-electron chi connectivity index (χ3n) is 2.93. The molecule has 0 spiro atoms. The molecular formula is C12H14N4O3S. The van der Waals surface area contributed by atoms with Gasteiger partial charge in [0.2, 0.25) is 0 Å². The van der Waals surface area contributed by atoms with Gasteiger partial charge in [0.15, 0.2) is 6.29 Å². The Morgan fingerprint density at radius 3 is 2.55 bits per heavy atom. The van der Waals surface area contributed by atoms with Gasteiger partial charge in [-0.3, -0.25) is 4.79 Å².